The molecule has 78 valence electrons. The second-order valence-corrected chi connectivity index (χ2v) is 3.18. The number of aromatic carboxylic acids is 1. The highest BCUT2D eigenvalue weighted by Gasteiger charge is 2.13. The van der Waals surface area contributed by atoms with E-state index in [1.54, 1.807) is 18.7 Å². The monoisotopic (exact) mass is 198 g/mol. The zero-order chi connectivity index (χ0) is 10.7. The van der Waals surface area contributed by atoms with Crippen LogP contribution in [0.15, 0.2) is 6.20 Å². The molecule has 5 nitrogen and oxygen atoms in total. The summed E-state index contributed by atoms with van der Waals surface area (Å²) >= 11 is 0. The van der Waals surface area contributed by atoms with E-state index in [-0.39, 0.29) is 11.7 Å². The van der Waals surface area contributed by atoms with Gasteiger partial charge in [-0.2, -0.15) is 5.10 Å². The molecule has 0 radical (unpaired) electrons. The van der Waals surface area contributed by atoms with E-state index < -0.39 is 5.97 Å². The summed E-state index contributed by atoms with van der Waals surface area (Å²) in [7, 11) is 1.61. The molecule has 0 saturated heterocycles. The molecule has 0 aliphatic rings. The lowest BCUT2D eigenvalue weighted by molar-refractivity contribution is 0.0695. The summed E-state index contributed by atoms with van der Waals surface area (Å²) in [5.74, 6) is -0.946. The van der Waals surface area contributed by atoms with Gasteiger partial charge in [0, 0.05) is 12.8 Å². The average molecular weight is 198 g/mol. The van der Waals surface area contributed by atoms with Gasteiger partial charge in [0.05, 0.1) is 18.8 Å². The van der Waals surface area contributed by atoms with Gasteiger partial charge in [-0.3, -0.25) is 4.68 Å². The Kier molecular flexibility index (Phi) is 3.24. The van der Waals surface area contributed by atoms with Crippen LogP contribution in [-0.4, -0.2) is 34.1 Å². The molecule has 1 aromatic heterocycles. The van der Waals surface area contributed by atoms with E-state index in [4.69, 9.17) is 9.84 Å². The molecule has 0 amide bonds. The number of hydrogen-bond donors (Lipinski definition) is 1. The number of rotatable bonds is 4. The van der Waals surface area contributed by atoms with Crippen LogP contribution in [0, 0.1) is 6.92 Å². The Labute approximate surface area is 82.3 Å². The Morgan fingerprint density at radius 3 is 2.86 bits per heavy atom. The predicted molar refractivity (Wildman–Crippen MR) is 50.4 cm³/mol. The van der Waals surface area contributed by atoms with Crippen molar-refractivity contribution in [3.05, 3.63) is 17.5 Å². The standard InChI is InChI=1S/C9H14N2O3/c1-6(14-3)5-11-7(2)8(4-10-11)9(12)13/h4,6H,5H2,1-3H3,(H,12,13). The zero-order valence-corrected chi connectivity index (χ0v) is 8.52. The largest absolute Gasteiger partial charge is 0.478 e. The number of carbonyl (C=O) groups is 1. The molecule has 1 rings (SSSR count). The van der Waals surface area contributed by atoms with E-state index in [0.29, 0.717) is 12.2 Å². The third-order valence-corrected chi connectivity index (χ3v) is 2.17. The van der Waals surface area contributed by atoms with E-state index in [2.05, 4.69) is 5.10 Å². The molecule has 0 saturated carbocycles. The van der Waals surface area contributed by atoms with Gasteiger partial charge < -0.3 is 9.84 Å². The Bertz CT molecular complexity index is 333. The highest BCUT2D eigenvalue weighted by atomic mass is 16.5. The van der Waals surface area contributed by atoms with Gasteiger partial charge in [0.1, 0.15) is 5.56 Å². The van der Waals surface area contributed by atoms with Crippen LogP contribution >= 0.6 is 0 Å². The van der Waals surface area contributed by atoms with Crippen molar-refractivity contribution in [2.75, 3.05) is 7.11 Å². The minimum absolute atomic E-state index is 0.0234. The molecule has 14 heavy (non-hydrogen) atoms. The fourth-order valence-corrected chi connectivity index (χ4v) is 1.16. The van der Waals surface area contributed by atoms with E-state index in [1.807, 2.05) is 6.92 Å². The van der Waals surface area contributed by atoms with Crippen LogP contribution in [0.4, 0.5) is 0 Å². The maximum absolute atomic E-state index is 10.7. The molecule has 5 heteroatoms. The predicted octanol–water partition coefficient (Wildman–Crippen LogP) is 0.925. The minimum Gasteiger partial charge on any atom is -0.478 e. The Balaban J connectivity index is 2.84. The van der Waals surface area contributed by atoms with Gasteiger partial charge in [-0.05, 0) is 13.8 Å². The fraction of sp³-hybridized carbons (Fsp3) is 0.556. The lowest BCUT2D eigenvalue weighted by Crippen LogP contribution is -2.17. The van der Waals surface area contributed by atoms with Crippen molar-refractivity contribution in [2.24, 2.45) is 0 Å². The summed E-state index contributed by atoms with van der Waals surface area (Å²) in [6.45, 7) is 4.20. The van der Waals surface area contributed by atoms with Crippen molar-refractivity contribution in [2.45, 2.75) is 26.5 Å². The van der Waals surface area contributed by atoms with Gasteiger partial charge in [0.25, 0.3) is 0 Å². The van der Waals surface area contributed by atoms with Gasteiger partial charge in [0.2, 0.25) is 0 Å². The maximum atomic E-state index is 10.7. The van der Waals surface area contributed by atoms with Gasteiger partial charge in [-0.1, -0.05) is 0 Å². The number of nitrogens with zero attached hydrogens (tertiary/aromatic N) is 2. The van der Waals surface area contributed by atoms with Crippen LogP contribution in [0.25, 0.3) is 0 Å². The summed E-state index contributed by atoms with van der Waals surface area (Å²) in [5, 5.41) is 12.8. The Hall–Kier alpha value is -1.36. The number of methoxy groups -OCH3 is 1. The zero-order valence-electron chi connectivity index (χ0n) is 8.52. The van der Waals surface area contributed by atoms with Gasteiger partial charge in [0.15, 0.2) is 0 Å². The first-order chi connectivity index (χ1) is 6.56. The third kappa shape index (κ3) is 2.11. The van der Waals surface area contributed by atoms with Gasteiger partial charge in [-0.25, -0.2) is 4.79 Å². The summed E-state index contributed by atoms with van der Waals surface area (Å²) in [4.78, 5) is 10.7. The van der Waals surface area contributed by atoms with Crippen molar-refractivity contribution in [3.8, 4) is 0 Å². The maximum Gasteiger partial charge on any atom is 0.339 e. The molecule has 0 bridgehead atoms. The molecule has 1 N–H and O–H groups in total. The van der Waals surface area contributed by atoms with Crippen molar-refractivity contribution in [1.29, 1.82) is 0 Å². The number of hydrogen-bond acceptors (Lipinski definition) is 3. The normalized spacial score (nSPS) is 12.8. The molecular formula is C9H14N2O3. The first kappa shape index (κ1) is 10.7. The molecule has 0 aliphatic carbocycles. The summed E-state index contributed by atoms with van der Waals surface area (Å²) < 4.78 is 6.71. The van der Waals surface area contributed by atoms with Crippen molar-refractivity contribution >= 4 is 5.97 Å². The first-order valence-electron chi connectivity index (χ1n) is 4.34. The second kappa shape index (κ2) is 4.23. The Morgan fingerprint density at radius 2 is 2.43 bits per heavy atom. The summed E-state index contributed by atoms with van der Waals surface area (Å²) in [6, 6.07) is 0. The van der Waals surface area contributed by atoms with Crippen molar-refractivity contribution in [3.63, 3.8) is 0 Å². The molecular weight excluding hydrogens is 184 g/mol. The average Bonchev–Trinajstić information content (AvgIpc) is 2.48. The quantitative estimate of drug-likeness (QED) is 0.781. The van der Waals surface area contributed by atoms with Crippen LogP contribution in [-0.2, 0) is 11.3 Å². The lowest BCUT2D eigenvalue weighted by Gasteiger charge is -2.10. The molecule has 1 unspecified atom stereocenters. The van der Waals surface area contributed by atoms with E-state index in [1.165, 1.54) is 6.20 Å². The van der Waals surface area contributed by atoms with E-state index in [9.17, 15) is 4.79 Å². The first-order valence-corrected chi connectivity index (χ1v) is 4.34. The van der Waals surface area contributed by atoms with Gasteiger partial charge in [-0.15, -0.1) is 0 Å². The number of aromatic nitrogens is 2. The number of carboxylic acid groups (broad SMARTS) is 1. The van der Waals surface area contributed by atoms with Crippen LogP contribution in [0.5, 0.6) is 0 Å². The third-order valence-electron chi connectivity index (χ3n) is 2.17. The highest BCUT2D eigenvalue weighted by Crippen LogP contribution is 2.08. The fourth-order valence-electron chi connectivity index (χ4n) is 1.16. The summed E-state index contributed by atoms with van der Waals surface area (Å²) in [5.41, 5.74) is 0.898. The molecule has 0 aliphatic heterocycles. The molecule has 1 heterocycles. The number of carboxylic acids is 1. The number of ether oxygens (including phenoxy) is 1. The van der Waals surface area contributed by atoms with E-state index >= 15 is 0 Å². The summed E-state index contributed by atoms with van der Waals surface area (Å²) in [6.07, 6.45) is 1.38. The van der Waals surface area contributed by atoms with Crippen LogP contribution in [0.3, 0.4) is 0 Å². The molecule has 0 fully saturated rings. The Morgan fingerprint density at radius 1 is 1.79 bits per heavy atom. The molecule has 1 atom stereocenters. The topological polar surface area (TPSA) is 64.4 Å². The molecule has 0 aromatic carbocycles. The van der Waals surface area contributed by atoms with Gasteiger partial charge >= 0.3 is 5.97 Å². The second-order valence-electron chi connectivity index (χ2n) is 3.18. The minimum atomic E-state index is -0.946. The SMILES string of the molecule is COC(C)Cn1ncc(C(=O)O)c1C. The van der Waals surface area contributed by atoms with Crippen molar-refractivity contribution in [1.82, 2.24) is 9.78 Å². The van der Waals surface area contributed by atoms with Crippen LogP contribution < -0.4 is 0 Å². The van der Waals surface area contributed by atoms with E-state index in [0.717, 1.165) is 0 Å². The van der Waals surface area contributed by atoms with Crippen LogP contribution in [0.1, 0.15) is 23.0 Å². The molecule has 1 aromatic rings. The smallest absolute Gasteiger partial charge is 0.339 e. The highest BCUT2D eigenvalue weighted by molar-refractivity contribution is 5.88. The van der Waals surface area contributed by atoms with Crippen LogP contribution in [0.2, 0.25) is 0 Å². The van der Waals surface area contributed by atoms with Crippen molar-refractivity contribution < 1.29 is 14.6 Å². The molecule has 0 spiro atoms. The lowest BCUT2D eigenvalue weighted by atomic mass is 10.2.